The topological polar surface area (TPSA) is 75.7 Å². The van der Waals surface area contributed by atoms with Crippen molar-refractivity contribution in [2.45, 2.75) is 17.9 Å². The monoisotopic (exact) mass is 238 g/mol. The maximum absolute atomic E-state index is 10.5. The fourth-order valence-electron chi connectivity index (χ4n) is 1.11. The van der Waals surface area contributed by atoms with Crippen LogP contribution in [0, 0.1) is 0 Å². The van der Waals surface area contributed by atoms with Crippen LogP contribution in [0.1, 0.15) is 12.5 Å². The average molecular weight is 238 g/mol. The molecule has 1 atom stereocenters. The number of hydrogen-bond donors (Lipinski definition) is 3. The Morgan fingerprint density at radius 2 is 2.06 bits per heavy atom. The molecule has 0 aliphatic heterocycles. The second-order valence-corrected chi connectivity index (χ2v) is 3.93. The first-order valence-corrected chi connectivity index (χ1v) is 5.24. The highest BCUT2D eigenvalue weighted by atomic mass is 32.1. The summed E-state index contributed by atoms with van der Waals surface area (Å²) >= 11 is 4.17. The van der Waals surface area contributed by atoms with Gasteiger partial charge in [0, 0.05) is 10.6 Å². The normalized spacial score (nSPS) is 13.6. The van der Waals surface area contributed by atoms with Crippen LogP contribution in [0.15, 0.2) is 34.2 Å². The molecule has 0 bridgehead atoms. The Kier molecular flexibility index (Phi) is 4.52. The molecule has 0 amide bonds. The molecule has 86 valence electrons. The van der Waals surface area contributed by atoms with E-state index >= 15 is 0 Å². The lowest BCUT2D eigenvalue weighted by atomic mass is 10.1. The Morgan fingerprint density at radius 3 is 2.56 bits per heavy atom. The number of carboxylic acids is 1. The minimum Gasteiger partial charge on any atom is -0.480 e. The molecular formula is C11H14N2O2S. The van der Waals surface area contributed by atoms with E-state index in [9.17, 15) is 4.79 Å². The Balaban J connectivity index is 2.70. The van der Waals surface area contributed by atoms with E-state index < -0.39 is 12.0 Å². The summed E-state index contributed by atoms with van der Waals surface area (Å²) < 4.78 is 0. The molecule has 0 spiro atoms. The molecule has 0 saturated heterocycles. The zero-order chi connectivity index (χ0) is 12.1. The molecule has 3 N–H and O–H groups in total. The number of carboxylic acid groups (broad SMARTS) is 1. The Morgan fingerprint density at radius 1 is 1.50 bits per heavy atom. The predicted molar refractivity (Wildman–Crippen MR) is 66.4 cm³/mol. The van der Waals surface area contributed by atoms with E-state index in [1.807, 2.05) is 31.2 Å². The highest BCUT2D eigenvalue weighted by Crippen LogP contribution is 2.08. The molecule has 0 heterocycles. The first kappa shape index (κ1) is 12.7. The summed E-state index contributed by atoms with van der Waals surface area (Å²) in [6.45, 7) is 1.91. The van der Waals surface area contributed by atoms with Crippen molar-refractivity contribution in [3.05, 3.63) is 29.8 Å². The van der Waals surface area contributed by atoms with Crippen LogP contribution in [0.3, 0.4) is 0 Å². The summed E-state index contributed by atoms with van der Waals surface area (Å²) in [4.78, 5) is 15.5. The predicted octanol–water partition coefficient (Wildman–Crippen LogP) is 1.20. The van der Waals surface area contributed by atoms with Gasteiger partial charge in [-0.2, -0.15) is 0 Å². The fourth-order valence-corrected chi connectivity index (χ4v) is 1.26. The largest absolute Gasteiger partial charge is 0.480 e. The SMILES string of the molecule is CC(=NCC(N)C(=O)O)c1ccc(S)cc1. The van der Waals surface area contributed by atoms with Gasteiger partial charge in [0.15, 0.2) is 0 Å². The number of aliphatic carboxylic acids is 1. The summed E-state index contributed by atoms with van der Waals surface area (Å²) in [6.07, 6.45) is 0. The van der Waals surface area contributed by atoms with Crippen molar-refractivity contribution in [3.8, 4) is 0 Å². The van der Waals surface area contributed by atoms with Crippen LogP contribution in [0.2, 0.25) is 0 Å². The molecule has 0 aliphatic rings. The molecule has 0 aromatic heterocycles. The van der Waals surface area contributed by atoms with Gasteiger partial charge >= 0.3 is 5.97 Å². The van der Waals surface area contributed by atoms with Gasteiger partial charge in [0.1, 0.15) is 6.04 Å². The summed E-state index contributed by atoms with van der Waals surface area (Å²) in [5.74, 6) is -1.04. The molecule has 0 radical (unpaired) electrons. The number of thiol groups is 1. The molecule has 4 nitrogen and oxygen atoms in total. The lowest BCUT2D eigenvalue weighted by Gasteiger charge is -2.04. The van der Waals surface area contributed by atoms with Crippen molar-refractivity contribution in [3.63, 3.8) is 0 Å². The lowest BCUT2D eigenvalue weighted by Crippen LogP contribution is -2.33. The summed E-state index contributed by atoms with van der Waals surface area (Å²) in [5, 5.41) is 8.60. The van der Waals surface area contributed by atoms with Crippen LogP contribution >= 0.6 is 12.6 Å². The van der Waals surface area contributed by atoms with Gasteiger partial charge in [0.2, 0.25) is 0 Å². The second kappa shape index (κ2) is 5.67. The molecule has 1 aromatic rings. The van der Waals surface area contributed by atoms with Crippen LogP contribution in [0.25, 0.3) is 0 Å². The minimum atomic E-state index is -1.04. The van der Waals surface area contributed by atoms with Crippen LogP contribution in [-0.2, 0) is 4.79 Å². The van der Waals surface area contributed by atoms with Gasteiger partial charge in [-0.15, -0.1) is 12.6 Å². The van der Waals surface area contributed by atoms with Crippen molar-refractivity contribution in [1.29, 1.82) is 0 Å². The third-order valence-corrected chi connectivity index (χ3v) is 2.43. The zero-order valence-electron chi connectivity index (χ0n) is 8.92. The quantitative estimate of drug-likeness (QED) is 0.545. The Labute approximate surface area is 99.6 Å². The number of hydrogen-bond acceptors (Lipinski definition) is 4. The van der Waals surface area contributed by atoms with E-state index in [2.05, 4.69) is 17.6 Å². The number of benzene rings is 1. The molecule has 1 rings (SSSR count). The first-order chi connectivity index (χ1) is 7.50. The molecule has 0 fully saturated rings. The maximum Gasteiger partial charge on any atom is 0.322 e. The van der Waals surface area contributed by atoms with Crippen molar-refractivity contribution in [2.24, 2.45) is 10.7 Å². The third-order valence-electron chi connectivity index (χ3n) is 2.13. The van der Waals surface area contributed by atoms with E-state index in [1.165, 1.54) is 0 Å². The molecule has 5 heteroatoms. The molecule has 0 saturated carbocycles. The second-order valence-electron chi connectivity index (χ2n) is 3.42. The molecule has 16 heavy (non-hydrogen) atoms. The highest BCUT2D eigenvalue weighted by molar-refractivity contribution is 7.80. The van der Waals surface area contributed by atoms with E-state index in [0.717, 1.165) is 16.2 Å². The van der Waals surface area contributed by atoms with Crippen molar-refractivity contribution in [1.82, 2.24) is 0 Å². The third kappa shape index (κ3) is 3.67. The number of rotatable bonds is 4. The summed E-state index contributed by atoms with van der Waals surface area (Å²) in [5.41, 5.74) is 7.06. The number of carbonyl (C=O) groups is 1. The zero-order valence-corrected chi connectivity index (χ0v) is 9.82. The van der Waals surface area contributed by atoms with Crippen molar-refractivity contribution in [2.75, 3.05) is 6.54 Å². The fraction of sp³-hybridized carbons (Fsp3) is 0.273. The lowest BCUT2D eigenvalue weighted by molar-refractivity contribution is -0.138. The van der Waals surface area contributed by atoms with Gasteiger partial charge in [-0.25, -0.2) is 0 Å². The molecule has 1 aromatic carbocycles. The Hall–Kier alpha value is -1.33. The van der Waals surface area contributed by atoms with Crippen LogP contribution < -0.4 is 5.73 Å². The molecular weight excluding hydrogens is 224 g/mol. The van der Waals surface area contributed by atoms with Crippen LogP contribution in [-0.4, -0.2) is 29.4 Å². The smallest absolute Gasteiger partial charge is 0.322 e. The van der Waals surface area contributed by atoms with Gasteiger partial charge < -0.3 is 10.8 Å². The molecule has 1 unspecified atom stereocenters. The van der Waals surface area contributed by atoms with Gasteiger partial charge in [-0.3, -0.25) is 9.79 Å². The number of nitrogens with zero attached hydrogens (tertiary/aromatic N) is 1. The van der Waals surface area contributed by atoms with Gasteiger partial charge in [-0.05, 0) is 24.6 Å². The minimum absolute atomic E-state index is 0.0871. The van der Waals surface area contributed by atoms with Crippen LogP contribution in [0.4, 0.5) is 0 Å². The van der Waals surface area contributed by atoms with Gasteiger partial charge in [0.25, 0.3) is 0 Å². The number of nitrogens with two attached hydrogens (primary N) is 1. The van der Waals surface area contributed by atoms with Crippen molar-refractivity contribution >= 4 is 24.3 Å². The van der Waals surface area contributed by atoms with E-state index in [4.69, 9.17) is 10.8 Å². The summed E-state index contributed by atoms with van der Waals surface area (Å²) in [6, 6.07) is 6.53. The molecule has 0 aliphatic carbocycles. The first-order valence-electron chi connectivity index (χ1n) is 4.79. The van der Waals surface area contributed by atoms with Crippen LogP contribution in [0.5, 0.6) is 0 Å². The Bertz CT molecular complexity index is 401. The average Bonchev–Trinajstić information content (AvgIpc) is 2.26. The van der Waals surface area contributed by atoms with E-state index in [0.29, 0.717) is 0 Å². The van der Waals surface area contributed by atoms with Gasteiger partial charge in [-0.1, -0.05) is 12.1 Å². The standard InChI is InChI=1S/C11H14N2O2S/c1-7(13-6-10(12)11(14)15)8-2-4-9(16)5-3-8/h2-5,10,16H,6,12H2,1H3,(H,14,15). The number of aliphatic imine (C=N–C) groups is 1. The van der Waals surface area contributed by atoms with Gasteiger partial charge in [0.05, 0.1) is 6.54 Å². The van der Waals surface area contributed by atoms with Crippen molar-refractivity contribution < 1.29 is 9.90 Å². The summed E-state index contributed by atoms with van der Waals surface area (Å²) in [7, 11) is 0. The van der Waals surface area contributed by atoms with E-state index in [-0.39, 0.29) is 6.54 Å². The van der Waals surface area contributed by atoms with E-state index in [1.54, 1.807) is 0 Å². The highest BCUT2D eigenvalue weighted by Gasteiger charge is 2.09. The maximum atomic E-state index is 10.5.